The summed E-state index contributed by atoms with van der Waals surface area (Å²) in [6.45, 7) is -0.0531. The summed E-state index contributed by atoms with van der Waals surface area (Å²) in [6.07, 6.45) is -10.1. The van der Waals surface area contributed by atoms with Gasteiger partial charge in [-0.25, -0.2) is 0 Å². The van der Waals surface area contributed by atoms with E-state index in [1.165, 1.54) is 31.2 Å². The summed E-state index contributed by atoms with van der Waals surface area (Å²) in [5.74, 6) is 0.130. The maximum Gasteiger partial charge on any atom is 0.229 e. The van der Waals surface area contributed by atoms with Crippen LogP contribution in [0.15, 0.2) is 24.3 Å². The second-order valence-corrected chi connectivity index (χ2v) is 7.43. The quantitative estimate of drug-likeness (QED) is 0.253. The molecule has 0 bridgehead atoms. The van der Waals surface area contributed by atoms with Crippen LogP contribution >= 0.6 is 0 Å². The second kappa shape index (κ2) is 9.22. The number of carbonyl (C=O) groups is 1. The fourth-order valence-electron chi connectivity index (χ4n) is 3.18. The molecule has 0 radical (unpaired) electrons. The Bertz CT molecular complexity index is 726. The molecule has 0 saturated carbocycles. The van der Waals surface area contributed by atoms with Gasteiger partial charge < -0.3 is 49.6 Å². The van der Waals surface area contributed by atoms with Gasteiger partial charge >= 0.3 is 0 Å². The van der Waals surface area contributed by atoms with Crippen LogP contribution in [-0.2, 0) is 14.2 Å². The van der Waals surface area contributed by atoms with Crippen molar-refractivity contribution in [3.05, 3.63) is 29.8 Å². The molecule has 0 amide bonds. The Labute approximate surface area is 172 Å². The Morgan fingerprint density at radius 3 is 2.33 bits per heavy atom. The van der Waals surface area contributed by atoms with Crippen LogP contribution in [0.4, 0.5) is 0 Å². The molecule has 168 valence electrons. The van der Waals surface area contributed by atoms with E-state index in [0.29, 0.717) is 5.56 Å². The SMILES string of the molecule is CC(=O)c1ccc(O[C@@H]2O[C@H](CO[C@@H]3OC[C@](O)(CO)[C@@H]3O)[C@@H](O)[C@H](O)[C@H]2O)cc1. The van der Waals surface area contributed by atoms with E-state index in [1.54, 1.807) is 0 Å². The Morgan fingerprint density at radius 1 is 1.10 bits per heavy atom. The second-order valence-electron chi connectivity index (χ2n) is 7.43. The van der Waals surface area contributed by atoms with Crippen molar-refractivity contribution in [2.45, 2.75) is 55.6 Å². The topological polar surface area (TPSA) is 175 Å². The lowest BCUT2D eigenvalue weighted by molar-refractivity contribution is -0.289. The highest BCUT2D eigenvalue weighted by Crippen LogP contribution is 2.28. The number of hydrogen-bond donors (Lipinski definition) is 6. The summed E-state index contributed by atoms with van der Waals surface area (Å²) < 4.78 is 21.5. The molecule has 2 fully saturated rings. The van der Waals surface area contributed by atoms with E-state index in [4.69, 9.17) is 24.1 Å². The van der Waals surface area contributed by atoms with Crippen molar-refractivity contribution in [3.63, 3.8) is 0 Å². The number of benzene rings is 1. The molecular formula is C19H26O11. The number of Topliss-reactive ketones (excluding diaryl/α,β-unsaturated/α-hetero) is 1. The summed E-state index contributed by atoms with van der Waals surface area (Å²) in [5, 5.41) is 59.6. The summed E-state index contributed by atoms with van der Waals surface area (Å²) in [7, 11) is 0. The molecule has 0 aromatic heterocycles. The van der Waals surface area contributed by atoms with E-state index in [0.717, 1.165) is 0 Å². The Kier molecular flexibility index (Phi) is 7.07. The highest BCUT2D eigenvalue weighted by atomic mass is 16.7. The zero-order valence-corrected chi connectivity index (χ0v) is 16.2. The normalized spacial score (nSPS) is 39.1. The lowest BCUT2D eigenvalue weighted by atomic mass is 9.99. The van der Waals surface area contributed by atoms with Gasteiger partial charge in [-0.1, -0.05) is 0 Å². The molecule has 0 aliphatic carbocycles. The smallest absolute Gasteiger partial charge is 0.229 e. The van der Waals surface area contributed by atoms with Crippen LogP contribution in [0.1, 0.15) is 17.3 Å². The van der Waals surface area contributed by atoms with Gasteiger partial charge in [-0.3, -0.25) is 4.79 Å². The summed E-state index contributed by atoms with van der Waals surface area (Å²) in [6, 6.07) is 6.04. The number of ether oxygens (including phenoxy) is 4. The first kappa shape index (κ1) is 23.0. The first-order valence-corrected chi connectivity index (χ1v) is 9.38. The number of ketones is 1. The molecular weight excluding hydrogens is 404 g/mol. The first-order chi connectivity index (χ1) is 14.2. The highest BCUT2D eigenvalue weighted by molar-refractivity contribution is 5.94. The number of carbonyl (C=O) groups excluding carboxylic acids is 1. The molecule has 0 spiro atoms. The van der Waals surface area contributed by atoms with E-state index in [2.05, 4.69) is 0 Å². The molecule has 11 nitrogen and oxygen atoms in total. The minimum absolute atomic E-state index is 0.129. The largest absolute Gasteiger partial charge is 0.462 e. The molecule has 1 aromatic rings. The fraction of sp³-hybridized carbons (Fsp3) is 0.632. The Hall–Kier alpha value is -1.67. The minimum atomic E-state index is -1.87. The van der Waals surface area contributed by atoms with Crippen LogP contribution in [0, 0.1) is 0 Å². The van der Waals surface area contributed by atoms with Crippen molar-refractivity contribution in [1.82, 2.24) is 0 Å². The van der Waals surface area contributed by atoms with E-state index in [9.17, 15) is 30.3 Å². The lowest BCUT2D eigenvalue weighted by Crippen LogP contribution is -2.60. The molecule has 30 heavy (non-hydrogen) atoms. The van der Waals surface area contributed by atoms with Gasteiger partial charge in [0.2, 0.25) is 6.29 Å². The van der Waals surface area contributed by atoms with Crippen LogP contribution in [0.25, 0.3) is 0 Å². The number of aliphatic hydroxyl groups is 6. The molecule has 6 N–H and O–H groups in total. The molecule has 11 heteroatoms. The molecule has 3 rings (SSSR count). The zero-order chi connectivity index (χ0) is 22.1. The van der Waals surface area contributed by atoms with E-state index < -0.39 is 55.3 Å². The highest BCUT2D eigenvalue weighted by Gasteiger charge is 2.50. The average Bonchev–Trinajstić information content (AvgIpc) is 3.02. The van der Waals surface area contributed by atoms with E-state index in [1.807, 2.05) is 0 Å². The monoisotopic (exact) mass is 430 g/mol. The van der Waals surface area contributed by atoms with Crippen molar-refractivity contribution >= 4 is 5.78 Å². The average molecular weight is 430 g/mol. The first-order valence-electron chi connectivity index (χ1n) is 9.38. The van der Waals surface area contributed by atoms with Crippen LogP contribution in [-0.4, -0.2) is 105 Å². The van der Waals surface area contributed by atoms with Crippen molar-refractivity contribution in [2.75, 3.05) is 19.8 Å². The van der Waals surface area contributed by atoms with Gasteiger partial charge in [-0.05, 0) is 31.2 Å². The number of aliphatic hydroxyl groups excluding tert-OH is 5. The molecule has 2 aliphatic rings. The summed E-state index contributed by atoms with van der Waals surface area (Å²) in [4.78, 5) is 11.3. The van der Waals surface area contributed by atoms with Gasteiger partial charge in [0.15, 0.2) is 12.1 Å². The molecule has 2 aliphatic heterocycles. The lowest BCUT2D eigenvalue weighted by Gasteiger charge is -2.40. The van der Waals surface area contributed by atoms with Crippen LogP contribution in [0.3, 0.4) is 0 Å². The fourth-order valence-corrected chi connectivity index (χ4v) is 3.18. The molecule has 0 unspecified atom stereocenters. The van der Waals surface area contributed by atoms with E-state index in [-0.39, 0.29) is 24.7 Å². The standard InChI is InChI=1S/C19H26O11/c1-9(21)10-2-4-11(5-3-10)29-17-15(24)14(23)13(22)12(30-17)6-27-18-16(25)19(26,7-20)8-28-18/h2-5,12-18,20,22-26H,6-8H2,1H3/t12-,13-,14+,15-,16-,17-,18-,19-/m1/s1. The maximum atomic E-state index is 11.3. The van der Waals surface area contributed by atoms with Gasteiger partial charge in [-0.2, -0.15) is 0 Å². The van der Waals surface area contributed by atoms with Gasteiger partial charge in [-0.15, -0.1) is 0 Å². The molecule has 1 aromatic carbocycles. The van der Waals surface area contributed by atoms with Crippen molar-refractivity contribution in [1.29, 1.82) is 0 Å². The van der Waals surface area contributed by atoms with Crippen molar-refractivity contribution in [3.8, 4) is 5.75 Å². The number of hydrogen-bond acceptors (Lipinski definition) is 11. The summed E-state index contributed by atoms with van der Waals surface area (Å²) in [5.41, 5.74) is -1.41. The van der Waals surface area contributed by atoms with Gasteiger partial charge in [0.25, 0.3) is 0 Å². The Balaban J connectivity index is 1.62. The van der Waals surface area contributed by atoms with Gasteiger partial charge in [0.05, 0.1) is 19.8 Å². The van der Waals surface area contributed by atoms with Crippen molar-refractivity contribution < 1.29 is 54.4 Å². The third kappa shape index (κ3) is 4.64. The van der Waals surface area contributed by atoms with Gasteiger partial charge in [0.1, 0.15) is 41.9 Å². The van der Waals surface area contributed by atoms with Crippen molar-refractivity contribution in [2.24, 2.45) is 0 Å². The zero-order valence-electron chi connectivity index (χ0n) is 16.2. The number of rotatable bonds is 7. The minimum Gasteiger partial charge on any atom is -0.462 e. The maximum absolute atomic E-state index is 11.3. The van der Waals surface area contributed by atoms with Crippen LogP contribution in [0.5, 0.6) is 5.75 Å². The molecule has 8 atom stereocenters. The Morgan fingerprint density at radius 2 is 1.77 bits per heavy atom. The van der Waals surface area contributed by atoms with Gasteiger partial charge in [0, 0.05) is 5.56 Å². The predicted octanol–water partition coefficient (Wildman–Crippen LogP) is -2.47. The predicted molar refractivity (Wildman–Crippen MR) is 97.5 cm³/mol. The molecule has 2 heterocycles. The molecule has 2 saturated heterocycles. The third-order valence-electron chi connectivity index (χ3n) is 5.19. The van der Waals surface area contributed by atoms with Crippen LogP contribution in [0.2, 0.25) is 0 Å². The summed E-state index contributed by atoms with van der Waals surface area (Å²) >= 11 is 0. The van der Waals surface area contributed by atoms with E-state index >= 15 is 0 Å². The third-order valence-corrected chi connectivity index (χ3v) is 5.19. The van der Waals surface area contributed by atoms with Crippen LogP contribution < -0.4 is 4.74 Å².